The first kappa shape index (κ1) is 16.8. The molecule has 0 atom stereocenters. The molecule has 0 saturated carbocycles. The number of aryl methyl sites for hydroxylation is 1. The van der Waals surface area contributed by atoms with Gasteiger partial charge in [-0.05, 0) is 19.1 Å². The highest BCUT2D eigenvalue weighted by Gasteiger charge is 2.17. The second-order valence-electron chi connectivity index (χ2n) is 6.15. The average Bonchev–Trinajstić information content (AvgIpc) is 3.29. The largest absolute Gasteiger partial charge is 0.460 e. The van der Waals surface area contributed by atoms with Crippen LogP contribution in [0.1, 0.15) is 5.76 Å². The van der Waals surface area contributed by atoms with Gasteiger partial charge < -0.3 is 4.42 Å². The molecule has 5 aromatic rings. The molecular formula is C19H11N3O4S2. The smallest absolute Gasteiger partial charge is 0.335 e. The number of rotatable bonds is 2. The van der Waals surface area contributed by atoms with E-state index in [0.29, 0.717) is 32.1 Å². The SMILES string of the molecule is Cc1cc(=O)c2scc(-c3cnc(-n4c(=O)[nH]c(=O)c5ccccc54)s3)c2o1. The maximum absolute atomic E-state index is 12.5. The van der Waals surface area contributed by atoms with Gasteiger partial charge in [-0.2, -0.15) is 0 Å². The quantitative estimate of drug-likeness (QED) is 0.482. The molecule has 4 heterocycles. The van der Waals surface area contributed by atoms with Crippen LogP contribution < -0.4 is 16.7 Å². The zero-order valence-corrected chi connectivity index (χ0v) is 16.0. The lowest BCUT2D eigenvalue weighted by Gasteiger charge is -2.05. The highest BCUT2D eigenvalue weighted by atomic mass is 32.1. The Kier molecular flexibility index (Phi) is 3.68. The van der Waals surface area contributed by atoms with E-state index in [0.717, 1.165) is 10.4 Å². The second-order valence-corrected chi connectivity index (χ2v) is 8.04. The monoisotopic (exact) mass is 409 g/mol. The first-order chi connectivity index (χ1) is 13.5. The van der Waals surface area contributed by atoms with E-state index in [1.165, 1.54) is 33.3 Å². The number of thiophene rings is 1. The van der Waals surface area contributed by atoms with Crippen molar-refractivity contribution in [2.45, 2.75) is 6.92 Å². The zero-order chi connectivity index (χ0) is 19.4. The van der Waals surface area contributed by atoms with Crippen LogP contribution in [0.3, 0.4) is 0 Å². The van der Waals surface area contributed by atoms with Crippen molar-refractivity contribution in [2.75, 3.05) is 0 Å². The molecule has 9 heteroatoms. The number of hydrogen-bond acceptors (Lipinski definition) is 7. The number of nitrogens with zero attached hydrogens (tertiary/aromatic N) is 2. The maximum Gasteiger partial charge on any atom is 0.335 e. The number of nitrogens with one attached hydrogen (secondary N) is 1. The molecule has 4 aromatic heterocycles. The van der Waals surface area contributed by atoms with E-state index in [-0.39, 0.29) is 5.43 Å². The van der Waals surface area contributed by atoms with E-state index in [2.05, 4.69) is 9.97 Å². The summed E-state index contributed by atoms with van der Waals surface area (Å²) in [6.07, 6.45) is 1.64. The number of para-hydroxylation sites is 1. The van der Waals surface area contributed by atoms with Crippen molar-refractivity contribution in [3.05, 3.63) is 78.7 Å². The molecule has 1 aromatic carbocycles. The molecule has 1 N–H and O–H groups in total. The van der Waals surface area contributed by atoms with Crippen molar-refractivity contribution in [2.24, 2.45) is 0 Å². The molecule has 0 unspecified atom stereocenters. The zero-order valence-electron chi connectivity index (χ0n) is 14.4. The molecular weight excluding hydrogens is 398 g/mol. The summed E-state index contributed by atoms with van der Waals surface area (Å²) >= 11 is 2.59. The van der Waals surface area contributed by atoms with Gasteiger partial charge in [-0.25, -0.2) is 14.3 Å². The summed E-state index contributed by atoms with van der Waals surface area (Å²) in [5.74, 6) is 0.532. The molecule has 0 aliphatic heterocycles. The van der Waals surface area contributed by atoms with Crippen molar-refractivity contribution in [3.8, 4) is 15.6 Å². The van der Waals surface area contributed by atoms with E-state index in [9.17, 15) is 14.4 Å². The standard InChI is InChI=1S/C19H11N3O4S2/c1-9-6-13(23)16-15(26-9)11(8-27-16)14-7-20-19(28-14)22-12-5-3-2-4-10(12)17(24)21-18(22)25/h2-8H,1H3,(H,21,24,25). The van der Waals surface area contributed by atoms with E-state index in [1.54, 1.807) is 37.4 Å². The maximum atomic E-state index is 12.5. The number of aromatic nitrogens is 3. The summed E-state index contributed by atoms with van der Waals surface area (Å²) in [6, 6.07) is 8.32. The highest BCUT2D eigenvalue weighted by Crippen LogP contribution is 2.36. The average molecular weight is 409 g/mol. The summed E-state index contributed by atoms with van der Waals surface area (Å²) in [4.78, 5) is 44.1. The van der Waals surface area contributed by atoms with Crippen LogP contribution in [0.2, 0.25) is 0 Å². The third-order valence-electron chi connectivity index (χ3n) is 4.33. The van der Waals surface area contributed by atoms with E-state index in [4.69, 9.17) is 4.42 Å². The van der Waals surface area contributed by atoms with Crippen molar-refractivity contribution >= 4 is 43.9 Å². The normalized spacial score (nSPS) is 11.5. The fourth-order valence-electron chi connectivity index (χ4n) is 3.10. The molecule has 0 spiro atoms. The number of aromatic amines is 1. The van der Waals surface area contributed by atoms with Crippen molar-refractivity contribution in [1.82, 2.24) is 14.5 Å². The van der Waals surface area contributed by atoms with Crippen LogP contribution in [0.4, 0.5) is 0 Å². The number of fused-ring (bicyclic) bond motifs is 2. The van der Waals surface area contributed by atoms with Gasteiger partial charge in [0.25, 0.3) is 5.56 Å². The van der Waals surface area contributed by atoms with Crippen molar-refractivity contribution in [3.63, 3.8) is 0 Å². The summed E-state index contributed by atoms with van der Waals surface area (Å²) in [7, 11) is 0. The van der Waals surface area contributed by atoms with Gasteiger partial charge in [-0.3, -0.25) is 14.6 Å². The lowest BCUT2D eigenvalue weighted by atomic mass is 10.2. The molecule has 7 nitrogen and oxygen atoms in total. The molecule has 5 rings (SSSR count). The van der Waals surface area contributed by atoms with Crippen LogP contribution in [0.25, 0.3) is 36.8 Å². The molecule has 0 fully saturated rings. The lowest BCUT2D eigenvalue weighted by Crippen LogP contribution is -2.29. The molecule has 138 valence electrons. The van der Waals surface area contributed by atoms with Gasteiger partial charge in [-0.1, -0.05) is 23.5 Å². The number of benzene rings is 1. The van der Waals surface area contributed by atoms with Crippen LogP contribution >= 0.6 is 22.7 Å². The number of H-pyrrole nitrogens is 1. The number of thiazole rings is 1. The lowest BCUT2D eigenvalue weighted by molar-refractivity contribution is 0.567. The Morgan fingerprint density at radius 2 is 2.00 bits per heavy atom. The van der Waals surface area contributed by atoms with E-state index in [1.807, 2.05) is 5.38 Å². The Balaban J connectivity index is 1.74. The van der Waals surface area contributed by atoms with Crippen LogP contribution in [-0.2, 0) is 0 Å². The molecule has 0 amide bonds. The topological polar surface area (TPSA) is 98.0 Å². The second kappa shape index (κ2) is 6.11. The molecule has 0 saturated heterocycles. The van der Waals surface area contributed by atoms with Gasteiger partial charge in [0.05, 0.1) is 15.8 Å². The van der Waals surface area contributed by atoms with E-state index < -0.39 is 11.2 Å². The molecule has 0 radical (unpaired) electrons. The highest BCUT2D eigenvalue weighted by molar-refractivity contribution is 7.20. The van der Waals surface area contributed by atoms with Gasteiger partial charge >= 0.3 is 5.69 Å². The first-order valence-corrected chi connectivity index (χ1v) is 9.95. The van der Waals surface area contributed by atoms with Gasteiger partial charge in [-0.15, -0.1) is 11.3 Å². The molecule has 0 bridgehead atoms. The summed E-state index contributed by atoms with van der Waals surface area (Å²) in [6.45, 7) is 1.73. The van der Waals surface area contributed by atoms with Crippen molar-refractivity contribution < 1.29 is 4.42 Å². The predicted molar refractivity (Wildman–Crippen MR) is 110 cm³/mol. The third-order valence-corrected chi connectivity index (χ3v) is 6.32. The van der Waals surface area contributed by atoms with Crippen LogP contribution in [0, 0.1) is 6.92 Å². The summed E-state index contributed by atoms with van der Waals surface area (Å²) in [5.41, 5.74) is 0.685. The Bertz CT molecular complexity index is 1550. The first-order valence-electron chi connectivity index (χ1n) is 8.25. The fourth-order valence-corrected chi connectivity index (χ4v) is 5.02. The Hall–Kier alpha value is -3.30. The molecule has 28 heavy (non-hydrogen) atoms. The minimum atomic E-state index is -0.554. The Morgan fingerprint density at radius 1 is 1.18 bits per heavy atom. The minimum Gasteiger partial charge on any atom is -0.460 e. The van der Waals surface area contributed by atoms with Crippen LogP contribution in [0.5, 0.6) is 0 Å². The third kappa shape index (κ3) is 2.48. The van der Waals surface area contributed by atoms with Gasteiger partial charge in [0.2, 0.25) is 5.43 Å². The van der Waals surface area contributed by atoms with Crippen LogP contribution in [0.15, 0.2) is 60.7 Å². The Morgan fingerprint density at radius 3 is 2.86 bits per heavy atom. The predicted octanol–water partition coefficient (Wildman–Crippen LogP) is 3.28. The summed E-state index contributed by atoms with van der Waals surface area (Å²) < 4.78 is 7.69. The minimum absolute atomic E-state index is 0.0809. The molecule has 0 aliphatic rings. The van der Waals surface area contributed by atoms with Crippen LogP contribution in [-0.4, -0.2) is 14.5 Å². The Labute approximate surface area is 164 Å². The number of hydrogen-bond donors (Lipinski definition) is 1. The fraction of sp³-hybridized carbons (Fsp3) is 0.0526. The van der Waals surface area contributed by atoms with Gasteiger partial charge in [0.1, 0.15) is 10.5 Å². The van der Waals surface area contributed by atoms with Gasteiger partial charge in [0.15, 0.2) is 10.7 Å². The summed E-state index contributed by atoms with van der Waals surface area (Å²) in [5, 5.41) is 2.67. The molecule has 0 aliphatic carbocycles. The van der Waals surface area contributed by atoms with Gasteiger partial charge in [0, 0.05) is 23.2 Å². The van der Waals surface area contributed by atoms with Crippen molar-refractivity contribution in [1.29, 1.82) is 0 Å². The van der Waals surface area contributed by atoms with E-state index >= 15 is 0 Å².